The molecule has 1 fully saturated rings. The summed E-state index contributed by atoms with van der Waals surface area (Å²) >= 11 is 1.00. The number of hydrogen-bond donors (Lipinski definition) is 1. The molecule has 218 valence electrons. The number of aromatic nitrogens is 1. The summed E-state index contributed by atoms with van der Waals surface area (Å²) in [4.78, 5) is 29.4. The number of benzene rings is 3. The predicted octanol–water partition coefficient (Wildman–Crippen LogP) is 6.00. The molecule has 0 bridgehead atoms. The van der Waals surface area contributed by atoms with E-state index >= 15 is 0 Å². The summed E-state index contributed by atoms with van der Waals surface area (Å²) in [6, 6.07) is 13.0. The molecular formula is C29H24F2N2O7S2. The minimum absolute atomic E-state index is 0.109. The van der Waals surface area contributed by atoms with Crippen LogP contribution in [0, 0.1) is 18.6 Å². The SMILES string of the molecule is COC(=O)c1ccc(Oc2cnc(NC(=O)C(Oc3ccc(F)cc3F)c3ccc(S(=O)(=O)C4CC4)cc3)s2)cc1C. The normalized spacial score (nSPS) is 13.7. The number of methoxy groups -OCH3 is 1. The fourth-order valence-electron chi connectivity index (χ4n) is 4.06. The van der Waals surface area contributed by atoms with E-state index in [1.165, 1.54) is 37.6 Å². The molecule has 42 heavy (non-hydrogen) atoms. The molecule has 1 aliphatic rings. The number of sulfone groups is 1. The van der Waals surface area contributed by atoms with Gasteiger partial charge in [0.05, 0.1) is 29.0 Å². The first kappa shape index (κ1) is 29.1. The lowest BCUT2D eigenvalue weighted by molar-refractivity contribution is -0.123. The number of anilines is 1. The van der Waals surface area contributed by atoms with Crippen LogP contribution in [0.15, 0.2) is 71.8 Å². The minimum Gasteiger partial charge on any atom is -0.473 e. The molecule has 1 amide bonds. The third-order valence-corrected chi connectivity index (χ3v) is 9.46. The van der Waals surface area contributed by atoms with Gasteiger partial charge in [0.1, 0.15) is 11.6 Å². The predicted molar refractivity (Wildman–Crippen MR) is 150 cm³/mol. The van der Waals surface area contributed by atoms with Crippen LogP contribution < -0.4 is 14.8 Å². The number of amides is 1. The third-order valence-electron chi connectivity index (χ3n) is 6.39. The van der Waals surface area contributed by atoms with E-state index in [1.54, 1.807) is 25.1 Å². The van der Waals surface area contributed by atoms with Gasteiger partial charge in [0.25, 0.3) is 5.91 Å². The zero-order valence-electron chi connectivity index (χ0n) is 22.3. The Morgan fingerprint density at radius 2 is 1.79 bits per heavy atom. The molecule has 1 N–H and O–H groups in total. The fourth-order valence-corrected chi connectivity index (χ4v) is 6.41. The topological polar surface area (TPSA) is 121 Å². The van der Waals surface area contributed by atoms with Crippen LogP contribution in [0.1, 0.15) is 40.4 Å². The zero-order chi connectivity index (χ0) is 30.0. The van der Waals surface area contributed by atoms with Crippen molar-refractivity contribution in [3.8, 4) is 16.6 Å². The Labute approximate surface area is 244 Å². The van der Waals surface area contributed by atoms with Crippen molar-refractivity contribution in [2.75, 3.05) is 12.4 Å². The number of carbonyl (C=O) groups excluding carboxylic acids is 2. The number of thiazole rings is 1. The van der Waals surface area contributed by atoms with Crippen LogP contribution in [0.25, 0.3) is 0 Å². The van der Waals surface area contributed by atoms with E-state index in [-0.39, 0.29) is 21.3 Å². The molecule has 1 saturated carbocycles. The lowest BCUT2D eigenvalue weighted by Crippen LogP contribution is -2.26. The smallest absolute Gasteiger partial charge is 0.338 e. The highest BCUT2D eigenvalue weighted by Crippen LogP contribution is 2.35. The van der Waals surface area contributed by atoms with E-state index in [0.29, 0.717) is 40.8 Å². The molecule has 1 aromatic heterocycles. The quantitative estimate of drug-likeness (QED) is 0.216. The van der Waals surface area contributed by atoms with Gasteiger partial charge in [-0.3, -0.25) is 10.1 Å². The van der Waals surface area contributed by atoms with Gasteiger partial charge in [-0.25, -0.2) is 27.0 Å². The third kappa shape index (κ3) is 6.42. The molecule has 0 radical (unpaired) electrons. The zero-order valence-corrected chi connectivity index (χ0v) is 23.9. The fraction of sp³-hybridized carbons (Fsp3) is 0.207. The second-order valence-corrected chi connectivity index (χ2v) is 12.7. The van der Waals surface area contributed by atoms with Crippen molar-refractivity contribution in [1.29, 1.82) is 0 Å². The molecule has 13 heteroatoms. The molecule has 0 aliphatic heterocycles. The van der Waals surface area contributed by atoms with Crippen molar-refractivity contribution in [2.24, 2.45) is 0 Å². The van der Waals surface area contributed by atoms with Crippen LogP contribution in [0.3, 0.4) is 0 Å². The van der Waals surface area contributed by atoms with E-state index in [9.17, 15) is 26.8 Å². The Hall–Kier alpha value is -4.36. The van der Waals surface area contributed by atoms with Crippen LogP contribution in [0.5, 0.6) is 16.6 Å². The van der Waals surface area contributed by atoms with Crippen LogP contribution in [0.4, 0.5) is 13.9 Å². The van der Waals surface area contributed by atoms with Gasteiger partial charge >= 0.3 is 5.97 Å². The molecule has 9 nitrogen and oxygen atoms in total. The lowest BCUT2D eigenvalue weighted by Gasteiger charge is -2.19. The first-order valence-corrected chi connectivity index (χ1v) is 15.0. The van der Waals surface area contributed by atoms with Gasteiger partial charge in [0.2, 0.25) is 11.2 Å². The van der Waals surface area contributed by atoms with E-state index in [4.69, 9.17) is 14.2 Å². The van der Waals surface area contributed by atoms with Crippen LogP contribution in [-0.2, 0) is 19.4 Å². The van der Waals surface area contributed by atoms with Crippen LogP contribution in [0.2, 0.25) is 0 Å². The summed E-state index contributed by atoms with van der Waals surface area (Å²) in [5, 5.41) is 2.65. The summed E-state index contributed by atoms with van der Waals surface area (Å²) < 4.78 is 69.3. The number of halogens is 2. The van der Waals surface area contributed by atoms with Gasteiger partial charge in [-0.2, -0.15) is 0 Å². The first-order valence-electron chi connectivity index (χ1n) is 12.6. The van der Waals surface area contributed by atoms with Crippen molar-refractivity contribution in [1.82, 2.24) is 4.98 Å². The van der Waals surface area contributed by atoms with Gasteiger partial charge in [0, 0.05) is 11.6 Å². The van der Waals surface area contributed by atoms with E-state index in [1.807, 2.05) is 0 Å². The van der Waals surface area contributed by atoms with Crippen molar-refractivity contribution in [3.05, 3.63) is 95.2 Å². The molecule has 3 aromatic carbocycles. The van der Waals surface area contributed by atoms with Crippen LogP contribution >= 0.6 is 11.3 Å². The van der Waals surface area contributed by atoms with Gasteiger partial charge < -0.3 is 14.2 Å². The largest absolute Gasteiger partial charge is 0.473 e. The van der Waals surface area contributed by atoms with Crippen molar-refractivity contribution >= 4 is 38.2 Å². The maximum absolute atomic E-state index is 14.4. The Morgan fingerprint density at radius 3 is 2.43 bits per heavy atom. The number of rotatable bonds is 10. The summed E-state index contributed by atoms with van der Waals surface area (Å²) in [7, 11) is -2.18. The minimum atomic E-state index is -3.47. The Bertz CT molecular complexity index is 1750. The van der Waals surface area contributed by atoms with Crippen molar-refractivity contribution < 1.29 is 41.0 Å². The molecule has 0 spiro atoms. The van der Waals surface area contributed by atoms with E-state index in [2.05, 4.69) is 10.3 Å². The first-order chi connectivity index (χ1) is 20.0. The van der Waals surface area contributed by atoms with Crippen LogP contribution in [-0.4, -0.2) is 37.6 Å². The van der Waals surface area contributed by atoms with Gasteiger partial charge in [0.15, 0.2) is 26.5 Å². The molecule has 0 saturated heterocycles. The summed E-state index contributed by atoms with van der Waals surface area (Å²) in [6.45, 7) is 1.73. The lowest BCUT2D eigenvalue weighted by atomic mass is 10.1. The van der Waals surface area contributed by atoms with E-state index < -0.39 is 44.7 Å². The van der Waals surface area contributed by atoms with Gasteiger partial charge in [-0.15, -0.1) is 0 Å². The maximum Gasteiger partial charge on any atom is 0.338 e. The van der Waals surface area contributed by atoms with Gasteiger partial charge in [-0.1, -0.05) is 23.5 Å². The van der Waals surface area contributed by atoms with E-state index in [0.717, 1.165) is 23.5 Å². The summed E-state index contributed by atoms with van der Waals surface area (Å²) in [5.41, 5.74) is 1.27. The summed E-state index contributed by atoms with van der Waals surface area (Å²) in [5.74, 6) is -3.00. The monoisotopic (exact) mass is 614 g/mol. The number of nitrogens with one attached hydrogen (secondary N) is 1. The molecule has 4 aromatic rings. The Balaban J connectivity index is 1.35. The number of hydrogen-bond acceptors (Lipinski definition) is 9. The number of nitrogens with zero attached hydrogens (tertiary/aromatic N) is 1. The molecule has 1 aliphatic carbocycles. The molecule has 1 atom stereocenters. The second-order valence-electron chi connectivity index (χ2n) is 9.43. The molecule has 5 rings (SSSR count). The van der Waals surface area contributed by atoms with Gasteiger partial charge in [-0.05, 0) is 67.8 Å². The highest BCUT2D eigenvalue weighted by molar-refractivity contribution is 7.92. The highest BCUT2D eigenvalue weighted by Gasteiger charge is 2.37. The number of aryl methyl sites for hydroxylation is 1. The second kappa shape index (κ2) is 11.9. The molecule has 1 heterocycles. The number of carbonyl (C=O) groups is 2. The summed E-state index contributed by atoms with van der Waals surface area (Å²) in [6.07, 6.45) is 1.14. The Kier molecular flexibility index (Phi) is 8.23. The van der Waals surface area contributed by atoms with Crippen molar-refractivity contribution in [2.45, 2.75) is 36.0 Å². The number of ether oxygens (including phenoxy) is 3. The maximum atomic E-state index is 14.4. The molecular weight excluding hydrogens is 590 g/mol. The molecule has 1 unspecified atom stereocenters. The standard InChI is InChI=1S/C29H24F2N2O7S2/c1-16-13-19(6-11-22(16)28(35)38-2)39-25-15-32-29(41-25)33-27(34)26(40-24-12-5-18(30)14-23(24)31)17-3-7-20(8-4-17)42(36,37)21-9-10-21/h3-8,11-15,21,26H,9-10H2,1-2H3,(H,32,33,34). The number of esters is 1. The average molecular weight is 615 g/mol. The van der Waals surface area contributed by atoms with Crippen molar-refractivity contribution in [3.63, 3.8) is 0 Å². The average Bonchev–Trinajstić information content (AvgIpc) is 3.74. The Morgan fingerprint density at radius 1 is 1.05 bits per heavy atom. The highest BCUT2D eigenvalue weighted by atomic mass is 32.2.